The van der Waals surface area contributed by atoms with Gasteiger partial charge in [0.25, 0.3) is 0 Å². The van der Waals surface area contributed by atoms with Crippen LogP contribution in [0.2, 0.25) is 0 Å². The third kappa shape index (κ3) is 4.93. The van der Waals surface area contributed by atoms with Crippen molar-refractivity contribution < 1.29 is 36.2 Å². The Balaban J connectivity index is 2.46. The van der Waals surface area contributed by atoms with Gasteiger partial charge in [-0.15, -0.1) is 0 Å². The largest absolute Gasteiger partial charge is 0.481 e. The Morgan fingerprint density at radius 2 is 2.00 bits per heavy atom. The van der Waals surface area contributed by atoms with E-state index >= 15 is 0 Å². The molecule has 0 aromatic heterocycles. The van der Waals surface area contributed by atoms with E-state index in [2.05, 4.69) is 0 Å². The van der Waals surface area contributed by atoms with Gasteiger partial charge in [-0.25, -0.2) is 8.42 Å². The SMILES string of the molecule is CC(CC(=O)O)c1cc(C(F)(F)F)cc(S(=O)(=O)N(C)CC2CO2)c1. The van der Waals surface area contributed by atoms with Gasteiger partial charge in [0.2, 0.25) is 10.0 Å². The molecule has 0 radical (unpaired) electrons. The Bertz CT molecular complexity index is 759. The lowest BCUT2D eigenvalue weighted by Gasteiger charge is -2.20. The van der Waals surface area contributed by atoms with E-state index in [1.807, 2.05) is 0 Å². The molecule has 0 aliphatic carbocycles. The van der Waals surface area contributed by atoms with Crippen LogP contribution < -0.4 is 0 Å². The minimum absolute atomic E-state index is 0.00636. The van der Waals surface area contributed by atoms with Crippen LogP contribution in [0.15, 0.2) is 23.1 Å². The summed E-state index contributed by atoms with van der Waals surface area (Å²) in [7, 11) is -2.89. The van der Waals surface area contributed by atoms with Crippen molar-refractivity contribution >= 4 is 16.0 Å². The average molecular weight is 381 g/mol. The number of benzene rings is 1. The van der Waals surface area contributed by atoms with Crippen LogP contribution in [0.1, 0.15) is 30.4 Å². The van der Waals surface area contributed by atoms with Crippen LogP contribution in [0.3, 0.4) is 0 Å². The minimum Gasteiger partial charge on any atom is -0.481 e. The number of carbonyl (C=O) groups is 1. The molecule has 1 saturated heterocycles. The molecule has 2 rings (SSSR count). The standard InChI is InChI=1S/C15H18F3NO5S/c1-9(3-14(20)21)10-4-11(15(16,17)18)6-13(5-10)25(22,23)19(2)7-12-8-24-12/h4-6,9,12H,3,7-8H2,1-2H3,(H,20,21). The number of hydrogen-bond donors (Lipinski definition) is 1. The van der Waals surface area contributed by atoms with Gasteiger partial charge in [-0.1, -0.05) is 6.92 Å². The van der Waals surface area contributed by atoms with Crippen LogP contribution in [0, 0.1) is 0 Å². The predicted molar refractivity (Wildman–Crippen MR) is 81.7 cm³/mol. The lowest BCUT2D eigenvalue weighted by atomic mass is 9.96. The number of likely N-dealkylation sites (N-methyl/N-ethyl adjacent to an activating group) is 1. The van der Waals surface area contributed by atoms with Crippen molar-refractivity contribution in [2.24, 2.45) is 0 Å². The fourth-order valence-electron chi connectivity index (χ4n) is 2.34. The second-order valence-corrected chi connectivity index (χ2v) is 8.07. The molecule has 1 aliphatic heterocycles. The highest BCUT2D eigenvalue weighted by Crippen LogP contribution is 2.35. The summed E-state index contributed by atoms with van der Waals surface area (Å²) in [6.45, 7) is 1.88. The molecule has 2 atom stereocenters. The van der Waals surface area contributed by atoms with Crippen molar-refractivity contribution in [2.75, 3.05) is 20.2 Å². The van der Waals surface area contributed by atoms with Gasteiger partial charge < -0.3 is 9.84 Å². The average Bonchev–Trinajstić information content (AvgIpc) is 3.29. The Hall–Kier alpha value is -1.65. The fourth-order valence-corrected chi connectivity index (χ4v) is 3.62. The third-order valence-electron chi connectivity index (χ3n) is 3.88. The number of rotatable bonds is 7. The quantitative estimate of drug-likeness (QED) is 0.733. The molecule has 0 spiro atoms. The normalized spacial score (nSPS) is 19.0. The molecule has 6 nitrogen and oxygen atoms in total. The molecule has 1 aliphatic rings. The molecule has 1 N–H and O–H groups in total. The summed E-state index contributed by atoms with van der Waals surface area (Å²) in [6, 6.07) is 2.45. The maximum absolute atomic E-state index is 13.1. The van der Waals surface area contributed by atoms with Gasteiger partial charge >= 0.3 is 12.1 Å². The number of carboxylic acid groups (broad SMARTS) is 1. The van der Waals surface area contributed by atoms with Gasteiger partial charge in [0.05, 0.1) is 29.6 Å². The zero-order chi connectivity index (χ0) is 19.0. The topological polar surface area (TPSA) is 87.2 Å². The molecular formula is C15H18F3NO5S. The first-order chi connectivity index (χ1) is 11.4. The summed E-state index contributed by atoms with van der Waals surface area (Å²) < 4.78 is 70.4. The van der Waals surface area contributed by atoms with Gasteiger partial charge in [-0.2, -0.15) is 17.5 Å². The summed E-state index contributed by atoms with van der Waals surface area (Å²) >= 11 is 0. The summed E-state index contributed by atoms with van der Waals surface area (Å²) in [6.07, 6.45) is -5.41. The van der Waals surface area contributed by atoms with Crippen LogP contribution in [0.4, 0.5) is 13.2 Å². The number of halogens is 3. The Kier molecular flexibility index (Phi) is 5.45. The maximum Gasteiger partial charge on any atom is 0.416 e. The van der Waals surface area contributed by atoms with Crippen LogP contribution in [-0.2, 0) is 25.7 Å². The first kappa shape index (κ1) is 19.7. The fraction of sp³-hybridized carbons (Fsp3) is 0.533. The maximum atomic E-state index is 13.1. The molecule has 25 heavy (non-hydrogen) atoms. The van der Waals surface area contributed by atoms with E-state index < -0.39 is 45.0 Å². The molecule has 0 saturated carbocycles. The van der Waals surface area contributed by atoms with Crippen molar-refractivity contribution in [3.8, 4) is 0 Å². The molecular weight excluding hydrogens is 363 g/mol. The molecule has 1 fully saturated rings. The second kappa shape index (κ2) is 6.93. The minimum atomic E-state index is -4.75. The number of epoxide rings is 1. The van der Waals surface area contributed by atoms with E-state index in [9.17, 15) is 26.4 Å². The molecule has 10 heteroatoms. The number of carboxylic acids is 1. The number of sulfonamides is 1. The number of ether oxygens (including phenoxy) is 1. The number of alkyl halides is 3. The van der Waals surface area contributed by atoms with E-state index in [1.54, 1.807) is 0 Å². The number of nitrogens with zero attached hydrogens (tertiary/aromatic N) is 1. The lowest BCUT2D eigenvalue weighted by Crippen LogP contribution is -2.31. The Labute approximate surface area is 143 Å². The highest BCUT2D eigenvalue weighted by molar-refractivity contribution is 7.89. The van der Waals surface area contributed by atoms with Crippen molar-refractivity contribution in [1.29, 1.82) is 0 Å². The summed E-state index contributed by atoms with van der Waals surface area (Å²) in [5.74, 6) is -1.96. The van der Waals surface area contributed by atoms with E-state index in [-0.39, 0.29) is 18.2 Å². The van der Waals surface area contributed by atoms with Gasteiger partial charge in [-0.3, -0.25) is 4.79 Å². The predicted octanol–water partition coefficient (Wildman–Crippen LogP) is 2.30. The Morgan fingerprint density at radius 1 is 1.40 bits per heavy atom. The van der Waals surface area contributed by atoms with Crippen molar-refractivity contribution in [3.63, 3.8) is 0 Å². The van der Waals surface area contributed by atoms with Crippen LogP contribution in [-0.4, -0.2) is 50.1 Å². The van der Waals surface area contributed by atoms with Gasteiger partial charge in [0, 0.05) is 13.6 Å². The van der Waals surface area contributed by atoms with Crippen LogP contribution in [0.5, 0.6) is 0 Å². The second-order valence-electron chi connectivity index (χ2n) is 6.03. The first-order valence-electron chi connectivity index (χ1n) is 7.43. The number of hydrogen-bond acceptors (Lipinski definition) is 4. The molecule has 1 aromatic rings. The third-order valence-corrected chi connectivity index (χ3v) is 5.68. The van der Waals surface area contributed by atoms with E-state index in [4.69, 9.17) is 9.84 Å². The van der Waals surface area contributed by atoms with Crippen LogP contribution in [0.25, 0.3) is 0 Å². The molecule has 0 bridgehead atoms. The Morgan fingerprint density at radius 3 is 2.48 bits per heavy atom. The molecule has 1 aromatic carbocycles. The van der Waals surface area contributed by atoms with E-state index in [0.717, 1.165) is 16.4 Å². The first-order valence-corrected chi connectivity index (χ1v) is 8.87. The van der Waals surface area contributed by atoms with Gasteiger partial charge in [0.15, 0.2) is 0 Å². The zero-order valence-corrected chi connectivity index (χ0v) is 14.4. The van der Waals surface area contributed by atoms with Crippen LogP contribution >= 0.6 is 0 Å². The summed E-state index contributed by atoms with van der Waals surface area (Å²) in [5, 5.41) is 8.84. The van der Waals surface area contributed by atoms with Gasteiger partial charge in [-0.05, 0) is 29.7 Å². The zero-order valence-electron chi connectivity index (χ0n) is 13.6. The van der Waals surface area contributed by atoms with Crippen molar-refractivity contribution in [2.45, 2.75) is 36.4 Å². The molecule has 1 heterocycles. The molecule has 2 unspecified atom stereocenters. The highest BCUT2D eigenvalue weighted by Gasteiger charge is 2.35. The van der Waals surface area contributed by atoms with Gasteiger partial charge in [0.1, 0.15) is 0 Å². The van der Waals surface area contributed by atoms with Crippen molar-refractivity contribution in [3.05, 3.63) is 29.3 Å². The highest BCUT2D eigenvalue weighted by atomic mass is 32.2. The molecule has 140 valence electrons. The summed E-state index contributed by atoms with van der Waals surface area (Å²) in [5.41, 5.74) is -1.12. The van der Waals surface area contributed by atoms with E-state index in [0.29, 0.717) is 12.7 Å². The summed E-state index contributed by atoms with van der Waals surface area (Å²) in [4.78, 5) is 10.3. The lowest BCUT2D eigenvalue weighted by molar-refractivity contribution is -0.138. The van der Waals surface area contributed by atoms with E-state index in [1.165, 1.54) is 14.0 Å². The monoisotopic (exact) mass is 381 g/mol. The molecule has 0 amide bonds. The smallest absolute Gasteiger partial charge is 0.416 e. The van der Waals surface area contributed by atoms with Crippen molar-refractivity contribution in [1.82, 2.24) is 4.31 Å². The number of aliphatic carboxylic acids is 1.